The van der Waals surface area contributed by atoms with Crippen molar-refractivity contribution >= 4 is 0 Å². The number of benzene rings is 2. The largest absolute Gasteiger partial charge is 0.0645 e. The van der Waals surface area contributed by atoms with Crippen LogP contribution in [0.1, 0.15) is 162 Å². The summed E-state index contributed by atoms with van der Waals surface area (Å²) in [6.45, 7) is 38.4. The van der Waals surface area contributed by atoms with Crippen LogP contribution in [0.15, 0.2) is 30.3 Å². The lowest BCUT2D eigenvalue weighted by Crippen LogP contribution is -2.33. The summed E-state index contributed by atoms with van der Waals surface area (Å²) < 4.78 is 0. The molecule has 1 atom stereocenters. The van der Waals surface area contributed by atoms with Gasteiger partial charge >= 0.3 is 0 Å². The topological polar surface area (TPSA) is 0 Å². The Hall–Kier alpha value is -1.56. The first-order chi connectivity index (χ1) is 15.5. The molecular weight excluding hydrogens is 420 g/mol. The van der Waals surface area contributed by atoms with E-state index in [4.69, 9.17) is 0 Å². The summed E-state index contributed by atoms with van der Waals surface area (Å²) in [7, 11) is 0. The maximum Gasteiger partial charge on any atom is 0.00956 e. The van der Waals surface area contributed by atoms with Crippen molar-refractivity contribution in [2.75, 3.05) is 0 Å². The minimum absolute atomic E-state index is 0.0311. The Balaban J connectivity index is 3.28. The number of hydrogen-bond donors (Lipinski definition) is 0. The molecule has 0 amide bonds. The van der Waals surface area contributed by atoms with Crippen LogP contribution in [0.3, 0.4) is 0 Å². The molecule has 0 saturated heterocycles. The standard InChI is InChI=1S/C35H56/c1-17-23(24-20-18-19-21-25(24)31(2,3)4)28-26(32(5,6)7)22-27(33(8,9)10)29(34(11,12)13)30(28)35(14,15)16/h18-23H,17H2,1-16H3. The van der Waals surface area contributed by atoms with Crippen LogP contribution in [0.25, 0.3) is 0 Å². The van der Waals surface area contributed by atoms with Crippen molar-refractivity contribution in [2.24, 2.45) is 0 Å². The minimum Gasteiger partial charge on any atom is -0.0645 e. The van der Waals surface area contributed by atoms with Crippen LogP contribution in [-0.4, -0.2) is 0 Å². The van der Waals surface area contributed by atoms with Crippen molar-refractivity contribution in [1.82, 2.24) is 0 Å². The second-order valence-corrected chi connectivity index (χ2v) is 15.9. The lowest BCUT2D eigenvalue weighted by Gasteiger charge is -2.43. The molecule has 0 fully saturated rings. The summed E-state index contributed by atoms with van der Waals surface area (Å²) >= 11 is 0. The van der Waals surface area contributed by atoms with Crippen LogP contribution in [-0.2, 0) is 27.1 Å². The van der Waals surface area contributed by atoms with Crippen LogP contribution < -0.4 is 0 Å². The van der Waals surface area contributed by atoms with E-state index in [1.54, 1.807) is 16.7 Å². The van der Waals surface area contributed by atoms with Crippen LogP contribution in [0.2, 0.25) is 0 Å². The molecule has 2 aromatic rings. The van der Waals surface area contributed by atoms with Crippen molar-refractivity contribution < 1.29 is 0 Å². The van der Waals surface area contributed by atoms with Gasteiger partial charge in [0, 0.05) is 5.92 Å². The summed E-state index contributed by atoms with van der Waals surface area (Å²) in [5, 5.41) is 0. The van der Waals surface area contributed by atoms with E-state index in [9.17, 15) is 0 Å². The van der Waals surface area contributed by atoms with Crippen molar-refractivity contribution in [3.63, 3.8) is 0 Å². The van der Waals surface area contributed by atoms with Gasteiger partial charge in [0.15, 0.2) is 0 Å². The van der Waals surface area contributed by atoms with Crippen LogP contribution in [0, 0.1) is 0 Å². The van der Waals surface area contributed by atoms with Crippen LogP contribution in [0.4, 0.5) is 0 Å². The fourth-order valence-electron chi connectivity index (χ4n) is 5.89. The maximum absolute atomic E-state index is 2.60. The van der Waals surface area contributed by atoms with Crippen molar-refractivity contribution in [3.05, 3.63) is 69.3 Å². The molecule has 0 heterocycles. The number of hydrogen-bond acceptors (Lipinski definition) is 0. The fourth-order valence-corrected chi connectivity index (χ4v) is 5.89. The molecule has 1 unspecified atom stereocenters. The first-order valence-electron chi connectivity index (χ1n) is 13.8. The van der Waals surface area contributed by atoms with Crippen LogP contribution >= 0.6 is 0 Å². The minimum atomic E-state index is 0.0311. The van der Waals surface area contributed by atoms with Gasteiger partial charge in [-0.05, 0) is 72.4 Å². The molecule has 0 N–H and O–H groups in total. The molecule has 196 valence electrons. The highest BCUT2D eigenvalue weighted by Crippen LogP contribution is 2.50. The van der Waals surface area contributed by atoms with E-state index >= 15 is 0 Å². The molecule has 0 heteroatoms. The Morgan fingerprint density at radius 3 is 1.31 bits per heavy atom. The third-order valence-corrected chi connectivity index (χ3v) is 7.38. The van der Waals surface area contributed by atoms with E-state index in [1.807, 2.05) is 0 Å². The van der Waals surface area contributed by atoms with E-state index in [1.165, 1.54) is 22.3 Å². The highest BCUT2D eigenvalue weighted by Gasteiger charge is 2.39. The summed E-state index contributed by atoms with van der Waals surface area (Å²) in [6.07, 6.45) is 1.09. The second kappa shape index (κ2) is 9.39. The van der Waals surface area contributed by atoms with Gasteiger partial charge in [-0.1, -0.05) is 141 Å². The van der Waals surface area contributed by atoms with Gasteiger partial charge in [-0.2, -0.15) is 0 Å². The molecule has 0 spiro atoms. The fraction of sp³-hybridized carbons (Fsp3) is 0.657. The van der Waals surface area contributed by atoms with Gasteiger partial charge in [0.1, 0.15) is 0 Å². The Bertz CT molecular complexity index is 1030. The highest BCUT2D eigenvalue weighted by molar-refractivity contribution is 5.59. The molecule has 2 aromatic carbocycles. The summed E-state index contributed by atoms with van der Waals surface area (Å²) in [5.74, 6) is 0.365. The van der Waals surface area contributed by atoms with Gasteiger partial charge in [0.2, 0.25) is 0 Å². The third-order valence-electron chi connectivity index (χ3n) is 7.38. The summed E-state index contributed by atoms with van der Waals surface area (Å²) in [6, 6.07) is 11.8. The van der Waals surface area contributed by atoms with Gasteiger partial charge in [-0.15, -0.1) is 0 Å². The van der Waals surface area contributed by atoms with Crippen molar-refractivity contribution in [1.29, 1.82) is 0 Å². The predicted octanol–water partition coefficient (Wildman–Crippen LogP) is 10.7. The lowest BCUT2D eigenvalue weighted by atomic mass is 9.61. The van der Waals surface area contributed by atoms with Gasteiger partial charge in [0.05, 0.1) is 0 Å². The normalized spacial score (nSPS) is 14.9. The average molecular weight is 477 g/mol. The molecule has 0 aliphatic rings. The van der Waals surface area contributed by atoms with Gasteiger partial charge in [-0.3, -0.25) is 0 Å². The highest BCUT2D eigenvalue weighted by atomic mass is 14.4. The first kappa shape index (κ1) is 29.7. The van der Waals surface area contributed by atoms with Crippen molar-refractivity contribution in [2.45, 2.75) is 150 Å². The molecule has 0 aliphatic carbocycles. The Morgan fingerprint density at radius 2 is 0.943 bits per heavy atom. The molecule has 35 heavy (non-hydrogen) atoms. The van der Waals surface area contributed by atoms with E-state index in [0.29, 0.717) is 5.92 Å². The molecule has 0 bridgehead atoms. The smallest absolute Gasteiger partial charge is 0.00956 e. The van der Waals surface area contributed by atoms with E-state index in [-0.39, 0.29) is 27.1 Å². The molecule has 0 radical (unpaired) electrons. The van der Waals surface area contributed by atoms with E-state index in [2.05, 4.69) is 141 Å². The van der Waals surface area contributed by atoms with Crippen molar-refractivity contribution in [3.8, 4) is 0 Å². The zero-order valence-corrected chi connectivity index (χ0v) is 26.2. The second-order valence-electron chi connectivity index (χ2n) is 15.9. The quantitative estimate of drug-likeness (QED) is 0.413. The molecule has 0 aromatic heterocycles. The number of rotatable bonds is 3. The molecule has 0 saturated carbocycles. The predicted molar refractivity (Wildman–Crippen MR) is 159 cm³/mol. The third kappa shape index (κ3) is 6.23. The Kier molecular flexibility index (Phi) is 7.96. The van der Waals surface area contributed by atoms with E-state index in [0.717, 1.165) is 6.42 Å². The SMILES string of the molecule is CCC(c1ccccc1C(C)(C)C)c1c(C(C)(C)C)cc(C(C)(C)C)c(C(C)(C)C)c1C(C)(C)C. The van der Waals surface area contributed by atoms with Gasteiger partial charge < -0.3 is 0 Å². The van der Waals surface area contributed by atoms with E-state index < -0.39 is 0 Å². The van der Waals surface area contributed by atoms with Crippen LogP contribution in [0.5, 0.6) is 0 Å². The average Bonchev–Trinajstić information content (AvgIpc) is 2.64. The monoisotopic (exact) mass is 476 g/mol. The Morgan fingerprint density at radius 1 is 0.514 bits per heavy atom. The van der Waals surface area contributed by atoms with Gasteiger partial charge in [0.25, 0.3) is 0 Å². The molecule has 0 aliphatic heterocycles. The molecular formula is C35H56. The summed E-state index contributed by atoms with van der Waals surface area (Å²) in [4.78, 5) is 0. The maximum atomic E-state index is 2.60. The summed E-state index contributed by atoms with van der Waals surface area (Å²) in [5.41, 5.74) is 11.1. The molecule has 2 rings (SSSR count). The molecule has 0 nitrogen and oxygen atoms in total. The Labute approximate surface area is 219 Å². The zero-order chi connectivity index (χ0) is 27.4. The lowest BCUT2D eigenvalue weighted by molar-refractivity contribution is 0.479. The zero-order valence-electron chi connectivity index (χ0n) is 26.2. The van der Waals surface area contributed by atoms with Gasteiger partial charge in [-0.25, -0.2) is 0 Å². The first-order valence-corrected chi connectivity index (χ1v) is 13.8.